The second kappa shape index (κ2) is 9.08. The topological polar surface area (TPSA) is 115 Å². The third-order valence-electron chi connectivity index (χ3n) is 4.71. The minimum Gasteiger partial charge on any atom is -0.495 e. The van der Waals surface area contributed by atoms with E-state index >= 15 is 0 Å². The minimum absolute atomic E-state index is 0.0775. The van der Waals surface area contributed by atoms with Crippen molar-refractivity contribution in [3.63, 3.8) is 0 Å². The van der Waals surface area contributed by atoms with E-state index in [0.29, 0.717) is 16.7 Å². The Morgan fingerprint density at radius 2 is 1.73 bits per heavy atom. The molecule has 0 radical (unpaired) electrons. The molecule has 1 heterocycles. The van der Waals surface area contributed by atoms with Crippen molar-refractivity contribution in [1.29, 1.82) is 0 Å². The van der Waals surface area contributed by atoms with Crippen LogP contribution in [0.2, 0.25) is 0 Å². The third-order valence-corrected chi connectivity index (χ3v) is 6.62. The van der Waals surface area contributed by atoms with Crippen LogP contribution in [0.3, 0.4) is 0 Å². The summed E-state index contributed by atoms with van der Waals surface area (Å²) in [4.78, 5) is 25.0. The molecule has 168 valence electrons. The molecule has 10 heteroatoms. The molecule has 1 amide bonds. The zero-order valence-corrected chi connectivity index (χ0v) is 19.6. The van der Waals surface area contributed by atoms with Crippen LogP contribution in [0.4, 0.5) is 11.4 Å². The molecule has 0 atom stereocenters. The molecule has 1 aromatic heterocycles. The van der Waals surface area contributed by atoms with Crippen molar-refractivity contribution in [2.45, 2.75) is 4.90 Å². The minimum atomic E-state index is -3.96. The van der Waals surface area contributed by atoms with Crippen molar-refractivity contribution in [2.75, 3.05) is 17.1 Å². The molecule has 0 bridgehead atoms. The molecule has 0 aliphatic rings. The highest BCUT2D eigenvalue weighted by atomic mass is 79.9. The molecule has 0 saturated heterocycles. The molecule has 0 aliphatic carbocycles. The first-order valence-corrected chi connectivity index (χ1v) is 11.8. The Labute approximate surface area is 197 Å². The standard InChI is InChI=1S/C23H17BrN2O6S/c1-31-21-11-10-17(33(29,30)26-16-8-6-15(24)7-9-16)13-19(21)25-22(27)18-12-14-4-2-3-5-20(14)32-23(18)28/h2-13,26H,1H3,(H,25,27). The van der Waals surface area contributed by atoms with Gasteiger partial charge in [0.2, 0.25) is 0 Å². The molecule has 2 N–H and O–H groups in total. The molecule has 0 unspecified atom stereocenters. The number of carbonyl (C=O) groups excluding carboxylic acids is 1. The number of amides is 1. The summed E-state index contributed by atoms with van der Waals surface area (Å²) in [5, 5.41) is 3.12. The van der Waals surface area contributed by atoms with Crippen LogP contribution in [0, 0.1) is 0 Å². The van der Waals surface area contributed by atoms with Gasteiger partial charge in [-0.3, -0.25) is 9.52 Å². The zero-order chi connectivity index (χ0) is 23.6. The summed E-state index contributed by atoms with van der Waals surface area (Å²) in [6, 6.07) is 18.8. The Bertz CT molecular complexity index is 1510. The lowest BCUT2D eigenvalue weighted by molar-refractivity contribution is 0.102. The highest BCUT2D eigenvalue weighted by Gasteiger charge is 2.20. The number of anilines is 2. The molecule has 0 fully saturated rings. The molecular weight excluding hydrogens is 512 g/mol. The Balaban J connectivity index is 1.66. The smallest absolute Gasteiger partial charge is 0.349 e. The van der Waals surface area contributed by atoms with Crippen molar-refractivity contribution >= 4 is 54.2 Å². The lowest BCUT2D eigenvalue weighted by atomic mass is 10.1. The average molecular weight is 529 g/mol. The van der Waals surface area contributed by atoms with Crippen LogP contribution in [-0.2, 0) is 10.0 Å². The summed E-state index contributed by atoms with van der Waals surface area (Å²) in [5.74, 6) is -0.542. The van der Waals surface area contributed by atoms with Crippen molar-refractivity contribution in [3.05, 3.63) is 93.3 Å². The number of nitrogens with one attached hydrogen (secondary N) is 2. The molecule has 0 aliphatic heterocycles. The number of rotatable bonds is 6. The van der Waals surface area contributed by atoms with Gasteiger partial charge in [0.25, 0.3) is 15.9 Å². The number of methoxy groups -OCH3 is 1. The lowest BCUT2D eigenvalue weighted by Gasteiger charge is -2.13. The quantitative estimate of drug-likeness (QED) is 0.353. The fourth-order valence-corrected chi connectivity index (χ4v) is 4.44. The van der Waals surface area contributed by atoms with Crippen molar-refractivity contribution in [2.24, 2.45) is 0 Å². The van der Waals surface area contributed by atoms with Gasteiger partial charge in [0, 0.05) is 15.5 Å². The van der Waals surface area contributed by atoms with Gasteiger partial charge in [0.1, 0.15) is 16.9 Å². The summed E-state index contributed by atoms with van der Waals surface area (Å²) in [5.41, 5.74) is -0.242. The normalized spacial score (nSPS) is 11.2. The van der Waals surface area contributed by atoms with Gasteiger partial charge in [0.05, 0.1) is 17.7 Å². The summed E-state index contributed by atoms with van der Waals surface area (Å²) in [7, 11) is -2.58. The van der Waals surface area contributed by atoms with Crippen LogP contribution < -0.4 is 20.4 Å². The van der Waals surface area contributed by atoms with Crippen molar-refractivity contribution in [3.8, 4) is 5.75 Å². The van der Waals surface area contributed by atoms with E-state index in [4.69, 9.17) is 9.15 Å². The Hall–Kier alpha value is -3.63. The number of benzene rings is 3. The van der Waals surface area contributed by atoms with Gasteiger partial charge in [0.15, 0.2) is 0 Å². The number of ether oxygens (including phenoxy) is 1. The van der Waals surface area contributed by atoms with E-state index in [2.05, 4.69) is 26.0 Å². The molecule has 0 saturated carbocycles. The van der Waals surface area contributed by atoms with E-state index in [1.54, 1.807) is 48.5 Å². The summed E-state index contributed by atoms with van der Waals surface area (Å²) in [6.45, 7) is 0. The molecular formula is C23H17BrN2O6S. The van der Waals surface area contributed by atoms with Crippen LogP contribution in [0.15, 0.2) is 91.4 Å². The van der Waals surface area contributed by atoms with E-state index in [-0.39, 0.29) is 21.9 Å². The van der Waals surface area contributed by atoms with Crippen LogP contribution in [0.5, 0.6) is 5.75 Å². The fraction of sp³-hybridized carbons (Fsp3) is 0.0435. The van der Waals surface area contributed by atoms with Gasteiger partial charge < -0.3 is 14.5 Å². The maximum atomic E-state index is 12.9. The van der Waals surface area contributed by atoms with E-state index in [1.807, 2.05) is 0 Å². The highest BCUT2D eigenvalue weighted by Crippen LogP contribution is 2.29. The van der Waals surface area contributed by atoms with E-state index in [1.165, 1.54) is 31.4 Å². The van der Waals surface area contributed by atoms with Gasteiger partial charge in [-0.25, -0.2) is 13.2 Å². The molecule has 4 aromatic rings. The van der Waals surface area contributed by atoms with Crippen LogP contribution >= 0.6 is 15.9 Å². The number of sulfonamides is 1. The summed E-state index contributed by atoms with van der Waals surface area (Å²) >= 11 is 3.30. The summed E-state index contributed by atoms with van der Waals surface area (Å²) in [6.07, 6.45) is 0. The lowest BCUT2D eigenvalue weighted by Crippen LogP contribution is -2.21. The first kappa shape index (κ1) is 22.6. The number of hydrogen-bond acceptors (Lipinski definition) is 6. The molecule has 33 heavy (non-hydrogen) atoms. The molecule has 3 aromatic carbocycles. The molecule has 8 nitrogen and oxygen atoms in total. The average Bonchev–Trinajstić information content (AvgIpc) is 2.80. The number of halogens is 1. The SMILES string of the molecule is COc1ccc(S(=O)(=O)Nc2ccc(Br)cc2)cc1NC(=O)c1cc2ccccc2oc1=O. The highest BCUT2D eigenvalue weighted by molar-refractivity contribution is 9.10. The van der Waals surface area contributed by atoms with Crippen LogP contribution in [0.1, 0.15) is 10.4 Å². The molecule has 0 spiro atoms. The largest absolute Gasteiger partial charge is 0.495 e. The second-order valence-corrected chi connectivity index (χ2v) is 9.51. The first-order valence-electron chi connectivity index (χ1n) is 9.57. The molecule has 4 rings (SSSR count). The number of carbonyl (C=O) groups is 1. The van der Waals surface area contributed by atoms with Gasteiger partial charge in [-0.05, 0) is 54.6 Å². The van der Waals surface area contributed by atoms with E-state index < -0.39 is 21.6 Å². The third kappa shape index (κ3) is 4.91. The summed E-state index contributed by atoms with van der Waals surface area (Å²) < 4.78 is 39.4. The maximum absolute atomic E-state index is 12.9. The van der Waals surface area contributed by atoms with E-state index in [9.17, 15) is 18.0 Å². The first-order chi connectivity index (χ1) is 15.8. The number of fused-ring (bicyclic) bond motifs is 1. The Kier molecular flexibility index (Phi) is 6.21. The van der Waals surface area contributed by atoms with Crippen LogP contribution in [0.25, 0.3) is 11.0 Å². The number of hydrogen-bond donors (Lipinski definition) is 2. The Morgan fingerprint density at radius 3 is 2.45 bits per heavy atom. The fourth-order valence-electron chi connectivity index (χ4n) is 3.09. The van der Waals surface area contributed by atoms with Gasteiger partial charge in [-0.2, -0.15) is 0 Å². The van der Waals surface area contributed by atoms with Crippen molar-refractivity contribution in [1.82, 2.24) is 0 Å². The monoisotopic (exact) mass is 528 g/mol. The Morgan fingerprint density at radius 1 is 1.00 bits per heavy atom. The van der Waals surface area contributed by atoms with Crippen LogP contribution in [-0.4, -0.2) is 21.4 Å². The van der Waals surface area contributed by atoms with Gasteiger partial charge >= 0.3 is 5.63 Å². The van der Waals surface area contributed by atoms with Gasteiger partial charge in [-0.1, -0.05) is 34.1 Å². The maximum Gasteiger partial charge on any atom is 0.349 e. The van der Waals surface area contributed by atoms with E-state index in [0.717, 1.165) is 4.47 Å². The second-order valence-electron chi connectivity index (χ2n) is 6.91. The predicted octanol–water partition coefficient (Wildman–Crippen LogP) is 4.62. The number of para-hydroxylation sites is 1. The van der Waals surface area contributed by atoms with Gasteiger partial charge in [-0.15, -0.1) is 0 Å². The van der Waals surface area contributed by atoms with Crippen molar-refractivity contribution < 1.29 is 22.4 Å². The predicted molar refractivity (Wildman–Crippen MR) is 128 cm³/mol. The zero-order valence-electron chi connectivity index (χ0n) is 17.2.